The predicted octanol–water partition coefficient (Wildman–Crippen LogP) is 3.25. The molecule has 28 heavy (non-hydrogen) atoms. The van der Waals surface area contributed by atoms with Crippen molar-refractivity contribution < 1.29 is 4.74 Å². The van der Waals surface area contributed by atoms with Crippen LogP contribution < -0.4 is 15.1 Å². The van der Waals surface area contributed by atoms with Crippen LogP contribution in [0.25, 0.3) is 10.2 Å². The normalized spacial score (nSPS) is 14.7. The van der Waals surface area contributed by atoms with E-state index in [1.54, 1.807) is 11.3 Å². The first kappa shape index (κ1) is 18.8. The Labute approximate surface area is 168 Å². The standard InChI is InChI=1S/C19H25N7OS/c1-12(2)16-22-17(24-18(23-16)25(3)4)20-13-5-6-14-15(11-13)28-19(21-14)26-7-9-27-10-8-26/h5-6,11-12H,7-10H2,1-4H3,(H,20,22,23,24). The molecule has 1 aliphatic rings. The first-order valence-electron chi connectivity index (χ1n) is 9.43. The second kappa shape index (κ2) is 7.84. The van der Waals surface area contributed by atoms with Crippen molar-refractivity contribution in [3.63, 3.8) is 0 Å². The van der Waals surface area contributed by atoms with Crippen molar-refractivity contribution in [1.82, 2.24) is 19.9 Å². The van der Waals surface area contributed by atoms with Gasteiger partial charge in [0.15, 0.2) is 5.13 Å². The Balaban J connectivity index is 1.61. The van der Waals surface area contributed by atoms with Crippen LogP contribution in [-0.2, 0) is 4.74 Å². The third-order valence-electron chi connectivity index (χ3n) is 4.47. The number of aromatic nitrogens is 4. The van der Waals surface area contributed by atoms with Crippen molar-refractivity contribution in [2.45, 2.75) is 19.8 Å². The minimum Gasteiger partial charge on any atom is -0.378 e. The number of rotatable bonds is 5. The highest BCUT2D eigenvalue weighted by atomic mass is 32.1. The summed E-state index contributed by atoms with van der Waals surface area (Å²) in [5.74, 6) is 2.20. The Morgan fingerprint density at radius 1 is 1.11 bits per heavy atom. The van der Waals surface area contributed by atoms with E-state index in [4.69, 9.17) is 9.72 Å². The van der Waals surface area contributed by atoms with Crippen LogP contribution in [0.2, 0.25) is 0 Å². The van der Waals surface area contributed by atoms with Crippen molar-refractivity contribution in [3.05, 3.63) is 24.0 Å². The third-order valence-corrected chi connectivity index (χ3v) is 5.55. The molecule has 0 spiro atoms. The molecular formula is C19H25N7OS. The van der Waals surface area contributed by atoms with Crippen molar-refractivity contribution >= 4 is 44.3 Å². The van der Waals surface area contributed by atoms with Crippen molar-refractivity contribution in [3.8, 4) is 0 Å². The second-order valence-corrected chi connectivity index (χ2v) is 8.28. The Morgan fingerprint density at radius 3 is 2.61 bits per heavy atom. The van der Waals surface area contributed by atoms with Gasteiger partial charge in [0, 0.05) is 38.8 Å². The fourth-order valence-electron chi connectivity index (χ4n) is 2.90. The highest BCUT2D eigenvalue weighted by molar-refractivity contribution is 7.22. The molecule has 0 aliphatic carbocycles. The van der Waals surface area contributed by atoms with Gasteiger partial charge in [-0.2, -0.15) is 15.0 Å². The Morgan fingerprint density at radius 2 is 1.89 bits per heavy atom. The van der Waals surface area contributed by atoms with Gasteiger partial charge in [-0.1, -0.05) is 25.2 Å². The second-order valence-electron chi connectivity index (χ2n) is 7.27. The van der Waals surface area contributed by atoms with Crippen LogP contribution in [0.1, 0.15) is 25.6 Å². The van der Waals surface area contributed by atoms with E-state index >= 15 is 0 Å². The van der Waals surface area contributed by atoms with E-state index in [9.17, 15) is 0 Å². The number of morpholine rings is 1. The molecule has 3 aromatic rings. The molecule has 1 N–H and O–H groups in total. The highest BCUT2D eigenvalue weighted by Gasteiger charge is 2.16. The molecule has 8 nitrogen and oxygen atoms in total. The van der Waals surface area contributed by atoms with Crippen LogP contribution in [0.3, 0.4) is 0 Å². The molecule has 3 heterocycles. The molecule has 1 aliphatic heterocycles. The molecule has 0 amide bonds. The molecule has 4 rings (SSSR count). The number of benzene rings is 1. The average Bonchev–Trinajstić information content (AvgIpc) is 3.12. The number of hydrogen-bond acceptors (Lipinski definition) is 9. The first-order chi connectivity index (χ1) is 13.5. The summed E-state index contributed by atoms with van der Waals surface area (Å²) in [6.07, 6.45) is 0. The van der Waals surface area contributed by atoms with E-state index in [0.29, 0.717) is 11.9 Å². The zero-order chi connectivity index (χ0) is 19.7. The van der Waals surface area contributed by atoms with E-state index in [0.717, 1.165) is 53.2 Å². The zero-order valence-corrected chi connectivity index (χ0v) is 17.5. The van der Waals surface area contributed by atoms with E-state index < -0.39 is 0 Å². The van der Waals surface area contributed by atoms with Crippen LogP contribution >= 0.6 is 11.3 Å². The summed E-state index contributed by atoms with van der Waals surface area (Å²) < 4.78 is 6.57. The minimum atomic E-state index is 0.224. The lowest BCUT2D eigenvalue weighted by Gasteiger charge is -2.25. The maximum absolute atomic E-state index is 5.44. The minimum absolute atomic E-state index is 0.224. The summed E-state index contributed by atoms with van der Waals surface area (Å²) in [4.78, 5) is 22.6. The van der Waals surface area contributed by atoms with Gasteiger partial charge in [-0.3, -0.25) is 0 Å². The number of nitrogens with one attached hydrogen (secondary N) is 1. The summed E-state index contributed by atoms with van der Waals surface area (Å²) in [6, 6.07) is 6.15. The maximum Gasteiger partial charge on any atom is 0.232 e. The molecule has 1 fully saturated rings. The predicted molar refractivity (Wildman–Crippen MR) is 114 cm³/mol. The Kier molecular flexibility index (Phi) is 5.27. The highest BCUT2D eigenvalue weighted by Crippen LogP contribution is 2.31. The van der Waals surface area contributed by atoms with Gasteiger partial charge in [0.2, 0.25) is 11.9 Å². The smallest absolute Gasteiger partial charge is 0.232 e. The molecule has 0 atom stereocenters. The molecule has 0 radical (unpaired) electrons. The number of ether oxygens (including phenoxy) is 1. The van der Waals surface area contributed by atoms with Crippen molar-refractivity contribution in [1.29, 1.82) is 0 Å². The molecule has 9 heteroatoms. The Hall–Kier alpha value is -2.52. The average molecular weight is 400 g/mol. The quantitative estimate of drug-likeness (QED) is 0.700. The van der Waals surface area contributed by atoms with Crippen LogP contribution in [0.5, 0.6) is 0 Å². The van der Waals surface area contributed by atoms with Crippen LogP contribution in [0.4, 0.5) is 22.7 Å². The summed E-state index contributed by atoms with van der Waals surface area (Å²) in [5, 5.41) is 4.38. The van der Waals surface area contributed by atoms with E-state index in [1.165, 1.54) is 0 Å². The lowest BCUT2D eigenvalue weighted by Crippen LogP contribution is -2.36. The summed E-state index contributed by atoms with van der Waals surface area (Å²) in [5.41, 5.74) is 1.94. The summed E-state index contributed by atoms with van der Waals surface area (Å²) in [7, 11) is 3.86. The zero-order valence-electron chi connectivity index (χ0n) is 16.6. The molecule has 0 saturated carbocycles. The number of nitrogens with zero attached hydrogens (tertiary/aromatic N) is 6. The van der Waals surface area contributed by atoms with Gasteiger partial charge in [-0.25, -0.2) is 4.98 Å². The molecule has 0 bridgehead atoms. The fourth-order valence-corrected chi connectivity index (χ4v) is 3.96. The number of thiazole rings is 1. The molecular weight excluding hydrogens is 374 g/mol. The summed E-state index contributed by atoms with van der Waals surface area (Å²) >= 11 is 1.70. The summed E-state index contributed by atoms with van der Waals surface area (Å²) in [6.45, 7) is 7.45. The van der Waals surface area contributed by atoms with Gasteiger partial charge >= 0.3 is 0 Å². The van der Waals surface area contributed by atoms with Crippen LogP contribution in [0.15, 0.2) is 18.2 Å². The largest absolute Gasteiger partial charge is 0.378 e. The SMILES string of the molecule is CC(C)c1nc(Nc2ccc3nc(N4CCOCC4)sc3c2)nc(N(C)C)n1. The topological polar surface area (TPSA) is 79.3 Å². The van der Waals surface area contributed by atoms with Gasteiger partial charge in [0.05, 0.1) is 23.4 Å². The molecule has 2 aromatic heterocycles. The van der Waals surface area contributed by atoms with Crippen molar-refractivity contribution in [2.24, 2.45) is 0 Å². The lowest BCUT2D eigenvalue weighted by molar-refractivity contribution is 0.122. The van der Waals surface area contributed by atoms with Gasteiger partial charge in [-0.15, -0.1) is 0 Å². The van der Waals surface area contributed by atoms with E-state index in [1.807, 2.05) is 31.1 Å². The molecule has 148 valence electrons. The van der Waals surface area contributed by atoms with Crippen LogP contribution in [0, 0.1) is 0 Å². The molecule has 1 saturated heterocycles. The monoisotopic (exact) mass is 399 g/mol. The first-order valence-corrected chi connectivity index (χ1v) is 10.2. The van der Waals surface area contributed by atoms with Crippen LogP contribution in [-0.4, -0.2) is 60.3 Å². The number of fused-ring (bicyclic) bond motifs is 1. The number of anilines is 4. The van der Waals surface area contributed by atoms with Gasteiger partial charge in [0.25, 0.3) is 0 Å². The molecule has 1 aromatic carbocycles. The van der Waals surface area contributed by atoms with E-state index in [-0.39, 0.29) is 5.92 Å². The van der Waals surface area contributed by atoms with Gasteiger partial charge in [-0.05, 0) is 18.2 Å². The Bertz CT molecular complexity index is 940. The fraction of sp³-hybridized carbons (Fsp3) is 0.474. The lowest BCUT2D eigenvalue weighted by atomic mass is 10.2. The maximum atomic E-state index is 5.44. The molecule has 0 unspecified atom stereocenters. The van der Waals surface area contributed by atoms with E-state index in [2.05, 4.69) is 45.1 Å². The number of hydrogen-bond donors (Lipinski definition) is 1. The van der Waals surface area contributed by atoms with Gasteiger partial charge < -0.3 is 19.9 Å². The third kappa shape index (κ3) is 4.00. The van der Waals surface area contributed by atoms with Crippen molar-refractivity contribution in [2.75, 3.05) is 55.5 Å². The van der Waals surface area contributed by atoms with Gasteiger partial charge in [0.1, 0.15) is 5.82 Å².